The zero-order valence-corrected chi connectivity index (χ0v) is 7.07. The third-order valence-electron chi connectivity index (χ3n) is 2.00. The lowest BCUT2D eigenvalue weighted by Crippen LogP contribution is -1.91. The maximum absolute atomic E-state index is 2.12. The van der Waals surface area contributed by atoms with E-state index in [1.807, 2.05) is 12.1 Å². The molecule has 0 radical (unpaired) electrons. The molecule has 0 fully saturated rings. The summed E-state index contributed by atoms with van der Waals surface area (Å²) >= 11 is 0. The topological polar surface area (TPSA) is 4.93 Å². The van der Waals surface area contributed by atoms with Gasteiger partial charge in [-0.05, 0) is 30.7 Å². The van der Waals surface area contributed by atoms with E-state index in [1.54, 1.807) is 0 Å². The van der Waals surface area contributed by atoms with Crippen molar-refractivity contribution in [3.8, 4) is 5.69 Å². The van der Waals surface area contributed by atoms with Gasteiger partial charge in [-0.25, -0.2) is 0 Å². The first-order valence-corrected chi connectivity index (χ1v) is 4.07. The molecule has 0 spiro atoms. The van der Waals surface area contributed by atoms with E-state index in [1.165, 1.54) is 11.3 Å². The van der Waals surface area contributed by atoms with Crippen molar-refractivity contribution >= 4 is 0 Å². The van der Waals surface area contributed by atoms with Crippen molar-refractivity contribution in [2.75, 3.05) is 0 Å². The van der Waals surface area contributed by atoms with Gasteiger partial charge in [0.1, 0.15) is 0 Å². The Kier molecular flexibility index (Phi) is 1.71. The van der Waals surface area contributed by atoms with Crippen molar-refractivity contribution in [1.82, 2.24) is 4.57 Å². The predicted molar refractivity (Wildman–Crippen MR) is 50.5 cm³/mol. The van der Waals surface area contributed by atoms with Crippen LogP contribution >= 0.6 is 0 Å². The molecule has 0 aliphatic heterocycles. The quantitative estimate of drug-likeness (QED) is 0.600. The number of aryl methyl sites for hydroxylation is 1. The van der Waals surface area contributed by atoms with E-state index in [-0.39, 0.29) is 0 Å². The summed E-state index contributed by atoms with van der Waals surface area (Å²) in [5, 5.41) is 0. The molecule has 2 aromatic rings. The van der Waals surface area contributed by atoms with Crippen molar-refractivity contribution < 1.29 is 0 Å². The fourth-order valence-corrected chi connectivity index (χ4v) is 1.35. The summed E-state index contributed by atoms with van der Waals surface area (Å²) in [6.45, 7) is 2.12. The summed E-state index contributed by atoms with van der Waals surface area (Å²) in [5.41, 5.74) is 2.55. The van der Waals surface area contributed by atoms with Crippen LogP contribution in [0, 0.1) is 6.92 Å². The minimum absolute atomic E-state index is 1.25. The van der Waals surface area contributed by atoms with Crippen LogP contribution in [0.2, 0.25) is 0 Å². The Balaban J connectivity index is 2.55. The number of benzene rings is 1. The maximum Gasteiger partial charge on any atom is 0.0478 e. The molecule has 0 amide bonds. The highest BCUT2D eigenvalue weighted by Crippen LogP contribution is 2.12. The second-order valence-corrected chi connectivity index (χ2v) is 2.88. The molecule has 1 aromatic carbocycles. The predicted octanol–water partition coefficient (Wildman–Crippen LogP) is 2.79. The van der Waals surface area contributed by atoms with Gasteiger partial charge in [-0.2, -0.15) is 0 Å². The summed E-state index contributed by atoms with van der Waals surface area (Å²) in [6, 6.07) is 12.4. The van der Waals surface area contributed by atoms with Gasteiger partial charge < -0.3 is 4.57 Å². The lowest BCUT2D eigenvalue weighted by Gasteiger charge is -2.05. The average Bonchev–Trinajstić information content (AvgIpc) is 2.57. The smallest absolute Gasteiger partial charge is 0.0478 e. The highest BCUT2D eigenvalue weighted by molar-refractivity contribution is 5.40. The minimum atomic E-state index is 1.25. The van der Waals surface area contributed by atoms with Crippen LogP contribution in [0.25, 0.3) is 5.69 Å². The third kappa shape index (κ3) is 1.14. The summed E-state index contributed by atoms with van der Waals surface area (Å²) in [7, 11) is 0. The molecule has 1 nitrogen and oxygen atoms in total. The van der Waals surface area contributed by atoms with E-state index < -0.39 is 0 Å². The summed E-state index contributed by atoms with van der Waals surface area (Å²) in [4.78, 5) is 0. The molecule has 0 aliphatic rings. The van der Waals surface area contributed by atoms with Crippen LogP contribution in [0.4, 0.5) is 0 Å². The fraction of sp³-hybridized carbons (Fsp3) is 0.0909. The molecule has 0 aliphatic carbocycles. The summed E-state index contributed by atoms with van der Waals surface area (Å²) < 4.78 is 2.12. The van der Waals surface area contributed by atoms with E-state index in [9.17, 15) is 0 Å². The molecular formula is C11H11N. The molecule has 2 rings (SSSR count). The Morgan fingerprint density at radius 2 is 1.58 bits per heavy atom. The Labute approximate surface area is 72.3 Å². The van der Waals surface area contributed by atoms with Crippen LogP contribution in [0.5, 0.6) is 0 Å². The van der Waals surface area contributed by atoms with E-state index in [0.717, 1.165) is 0 Å². The van der Waals surface area contributed by atoms with Crippen LogP contribution in [0.1, 0.15) is 5.56 Å². The highest BCUT2D eigenvalue weighted by atomic mass is 14.9. The van der Waals surface area contributed by atoms with Crippen molar-refractivity contribution in [3.05, 3.63) is 54.4 Å². The molecule has 1 heterocycles. The van der Waals surface area contributed by atoms with Crippen molar-refractivity contribution in [2.24, 2.45) is 0 Å². The Bertz CT molecular complexity index is 360. The molecule has 12 heavy (non-hydrogen) atoms. The normalized spacial score (nSPS) is 10.1. The number of rotatable bonds is 1. The van der Waals surface area contributed by atoms with Gasteiger partial charge in [-0.15, -0.1) is 0 Å². The average molecular weight is 157 g/mol. The van der Waals surface area contributed by atoms with Gasteiger partial charge in [0.15, 0.2) is 0 Å². The van der Waals surface area contributed by atoms with Crippen molar-refractivity contribution in [3.63, 3.8) is 0 Å². The molecule has 0 N–H and O–H groups in total. The SMILES string of the molecule is Cc1ccccc1-n1cccc1. The monoisotopic (exact) mass is 157 g/mol. The first-order chi connectivity index (χ1) is 5.88. The lowest BCUT2D eigenvalue weighted by atomic mass is 10.2. The molecule has 1 aromatic heterocycles. The molecule has 0 saturated carbocycles. The van der Waals surface area contributed by atoms with Gasteiger partial charge in [0, 0.05) is 18.1 Å². The number of nitrogens with zero attached hydrogens (tertiary/aromatic N) is 1. The van der Waals surface area contributed by atoms with E-state index >= 15 is 0 Å². The standard InChI is InChI=1S/C11H11N/c1-10-6-2-3-7-11(10)12-8-4-5-9-12/h2-9H,1H3. The Hall–Kier alpha value is -1.50. The molecule has 0 bridgehead atoms. The Morgan fingerprint density at radius 3 is 2.25 bits per heavy atom. The summed E-state index contributed by atoms with van der Waals surface area (Å²) in [6.07, 6.45) is 4.12. The summed E-state index contributed by atoms with van der Waals surface area (Å²) in [5.74, 6) is 0. The van der Waals surface area contributed by atoms with Gasteiger partial charge in [0.2, 0.25) is 0 Å². The molecule has 1 heteroatoms. The highest BCUT2D eigenvalue weighted by Gasteiger charge is 1.95. The molecule has 0 atom stereocenters. The molecule has 60 valence electrons. The number of para-hydroxylation sites is 1. The van der Waals surface area contributed by atoms with Gasteiger partial charge in [-0.1, -0.05) is 18.2 Å². The zero-order valence-electron chi connectivity index (χ0n) is 7.07. The van der Waals surface area contributed by atoms with Crippen LogP contribution in [0.3, 0.4) is 0 Å². The van der Waals surface area contributed by atoms with Gasteiger partial charge in [0.25, 0.3) is 0 Å². The number of hydrogen-bond acceptors (Lipinski definition) is 0. The Morgan fingerprint density at radius 1 is 0.917 bits per heavy atom. The van der Waals surface area contributed by atoms with E-state index in [4.69, 9.17) is 0 Å². The molecule has 0 unspecified atom stereocenters. The van der Waals surface area contributed by atoms with Gasteiger partial charge >= 0.3 is 0 Å². The zero-order chi connectivity index (χ0) is 8.39. The van der Waals surface area contributed by atoms with Crippen molar-refractivity contribution in [2.45, 2.75) is 6.92 Å². The van der Waals surface area contributed by atoms with Gasteiger partial charge in [0.05, 0.1) is 0 Å². The van der Waals surface area contributed by atoms with E-state index in [2.05, 4.69) is 48.1 Å². The van der Waals surface area contributed by atoms with Crippen LogP contribution < -0.4 is 0 Å². The first-order valence-electron chi connectivity index (χ1n) is 4.07. The largest absolute Gasteiger partial charge is 0.324 e. The number of hydrogen-bond donors (Lipinski definition) is 0. The fourth-order valence-electron chi connectivity index (χ4n) is 1.35. The number of aromatic nitrogens is 1. The molecule has 0 saturated heterocycles. The van der Waals surface area contributed by atoms with E-state index in [0.29, 0.717) is 0 Å². The third-order valence-corrected chi connectivity index (χ3v) is 2.00. The van der Waals surface area contributed by atoms with Gasteiger partial charge in [-0.3, -0.25) is 0 Å². The second-order valence-electron chi connectivity index (χ2n) is 2.88. The van der Waals surface area contributed by atoms with Crippen LogP contribution in [0.15, 0.2) is 48.8 Å². The van der Waals surface area contributed by atoms with Crippen LogP contribution in [-0.2, 0) is 0 Å². The lowest BCUT2D eigenvalue weighted by molar-refractivity contribution is 1.06. The maximum atomic E-state index is 2.12. The second kappa shape index (κ2) is 2.86. The first kappa shape index (κ1) is 7.17. The van der Waals surface area contributed by atoms with Crippen LogP contribution in [-0.4, -0.2) is 4.57 Å². The molecular weight excluding hydrogens is 146 g/mol. The van der Waals surface area contributed by atoms with Crippen molar-refractivity contribution in [1.29, 1.82) is 0 Å². The minimum Gasteiger partial charge on any atom is -0.324 e.